The molecule has 0 heterocycles. The summed E-state index contributed by atoms with van der Waals surface area (Å²) in [5.41, 5.74) is 5.43. The van der Waals surface area contributed by atoms with Crippen molar-refractivity contribution >= 4 is 12.1 Å². The minimum Gasteiger partial charge on any atom is -0.494 e. The lowest BCUT2D eigenvalue weighted by Gasteiger charge is -2.23. The number of nitrogens with one attached hydrogen (secondary N) is 1. The van der Waals surface area contributed by atoms with Crippen LogP contribution in [-0.4, -0.2) is 63.5 Å². The summed E-state index contributed by atoms with van der Waals surface area (Å²) in [7, 11) is 6.56. The van der Waals surface area contributed by atoms with Gasteiger partial charge in [-0.2, -0.15) is 0 Å². The van der Waals surface area contributed by atoms with E-state index in [1.807, 2.05) is 48.5 Å². The van der Waals surface area contributed by atoms with Crippen LogP contribution in [0.1, 0.15) is 42.4 Å². The first kappa shape index (κ1) is 28.2. The first-order valence-corrected chi connectivity index (χ1v) is 13.5. The quantitative estimate of drug-likeness (QED) is 0.189. The maximum atomic E-state index is 12.5. The molecule has 39 heavy (non-hydrogen) atoms. The second-order valence-electron chi connectivity index (χ2n) is 11.0. The Bertz CT molecular complexity index is 1220. The van der Waals surface area contributed by atoms with Crippen molar-refractivity contribution in [1.82, 2.24) is 5.32 Å². The Morgan fingerprint density at radius 1 is 0.846 bits per heavy atom. The van der Waals surface area contributed by atoms with E-state index in [4.69, 9.17) is 14.2 Å². The first-order valence-electron chi connectivity index (χ1n) is 13.5. The Hall–Kier alpha value is -3.84. The van der Waals surface area contributed by atoms with Crippen LogP contribution in [0.4, 0.5) is 4.79 Å². The average molecular weight is 532 g/mol. The minimum atomic E-state index is -0.838. The number of nitrogens with zero attached hydrogens (tertiary/aromatic N) is 1. The number of benzene rings is 3. The summed E-state index contributed by atoms with van der Waals surface area (Å²) in [6.45, 7) is 3.67. The molecule has 1 amide bonds. The van der Waals surface area contributed by atoms with Gasteiger partial charge in [-0.25, -0.2) is 9.59 Å². The van der Waals surface area contributed by atoms with Crippen molar-refractivity contribution in [2.45, 2.75) is 38.3 Å². The molecule has 3 aromatic carbocycles. The van der Waals surface area contributed by atoms with Crippen molar-refractivity contribution in [3.05, 3.63) is 89.5 Å². The van der Waals surface area contributed by atoms with Crippen molar-refractivity contribution in [2.75, 3.05) is 40.9 Å². The highest BCUT2D eigenvalue weighted by Gasteiger charge is 2.29. The lowest BCUT2D eigenvalue weighted by atomic mass is 9.98. The smallest absolute Gasteiger partial charge is 0.407 e. The summed E-state index contributed by atoms with van der Waals surface area (Å²) in [6.07, 6.45) is 1.47. The van der Waals surface area contributed by atoms with Crippen LogP contribution >= 0.6 is 0 Å². The van der Waals surface area contributed by atoms with Gasteiger partial charge in [0.25, 0.3) is 0 Å². The molecule has 1 unspecified atom stereocenters. The van der Waals surface area contributed by atoms with E-state index in [0.717, 1.165) is 57.4 Å². The van der Waals surface area contributed by atoms with Gasteiger partial charge in [-0.1, -0.05) is 60.7 Å². The van der Waals surface area contributed by atoms with Crippen molar-refractivity contribution < 1.29 is 28.3 Å². The van der Waals surface area contributed by atoms with Crippen LogP contribution in [0.5, 0.6) is 5.75 Å². The number of carbonyl (C=O) groups excluding carboxylic acids is 2. The number of hydrogen-bond donors (Lipinski definition) is 1. The van der Waals surface area contributed by atoms with E-state index in [1.54, 1.807) is 6.92 Å². The number of hydrogen-bond acceptors (Lipinski definition) is 5. The number of esters is 1. The zero-order valence-corrected chi connectivity index (χ0v) is 23.3. The summed E-state index contributed by atoms with van der Waals surface area (Å²) in [6, 6.07) is 23.0. The molecule has 0 aliphatic heterocycles. The normalized spacial score (nSPS) is 13.2. The van der Waals surface area contributed by atoms with Gasteiger partial charge in [0.05, 0.1) is 34.3 Å². The predicted molar refractivity (Wildman–Crippen MR) is 152 cm³/mol. The number of carbonyl (C=O) groups is 2. The van der Waals surface area contributed by atoms with Crippen LogP contribution in [-0.2, 0) is 20.9 Å². The molecule has 3 aromatic rings. The number of amides is 1. The second kappa shape index (κ2) is 12.8. The zero-order chi connectivity index (χ0) is 27.8. The Balaban J connectivity index is 1.18. The molecule has 4 rings (SSSR count). The zero-order valence-electron chi connectivity index (χ0n) is 23.3. The van der Waals surface area contributed by atoms with Crippen LogP contribution in [0, 0.1) is 0 Å². The van der Waals surface area contributed by atoms with Gasteiger partial charge in [0.15, 0.2) is 0 Å². The summed E-state index contributed by atoms with van der Waals surface area (Å²) in [5, 5.41) is 2.58. The first-order chi connectivity index (χ1) is 18.7. The van der Waals surface area contributed by atoms with E-state index in [2.05, 4.69) is 50.7 Å². The topological polar surface area (TPSA) is 73.9 Å². The lowest BCUT2D eigenvalue weighted by molar-refractivity contribution is -0.870. The molecule has 7 heteroatoms. The molecule has 0 bridgehead atoms. The fourth-order valence-electron chi connectivity index (χ4n) is 4.72. The van der Waals surface area contributed by atoms with Crippen molar-refractivity contribution in [3.8, 4) is 16.9 Å². The maximum Gasteiger partial charge on any atom is 0.407 e. The monoisotopic (exact) mass is 531 g/mol. The highest BCUT2D eigenvalue weighted by molar-refractivity contribution is 5.81. The fourth-order valence-corrected chi connectivity index (χ4v) is 4.72. The van der Waals surface area contributed by atoms with Gasteiger partial charge in [0.1, 0.15) is 25.0 Å². The number of unbranched alkanes of at least 4 members (excludes halogenated alkanes) is 1. The van der Waals surface area contributed by atoms with Crippen molar-refractivity contribution in [2.24, 2.45) is 0 Å². The SMILES string of the molecule is CC(NC(=O)OCC1c2ccccc2-c2ccccc21)C(=O)OCc1ccc(OCCCC[N+](C)(C)C)cc1. The molecule has 0 saturated carbocycles. The molecule has 0 spiro atoms. The highest BCUT2D eigenvalue weighted by Crippen LogP contribution is 2.44. The molecular formula is C32H39N2O5+. The summed E-state index contributed by atoms with van der Waals surface area (Å²) in [5.74, 6) is 0.224. The number of rotatable bonds is 12. The second-order valence-corrected chi connectivity index (χ2v) is 11.0. The van der Waals surface area contributed by atoms with E-state index >= 15 is 0 Å². The van der Waals surface area contributed by atoms with Crippen molar-refractivity contribution in [3.63, 3.8) is 0 Å². The van der Waals surface area contributed by atoms with Crippen LogP contribution < -0.4 is 10.1 Å². The van der Waals surface area contributed by atoms with Crippen LogP contribution in [0.3, 0.4) is 0 Å². The summed E-state index contributed by atoms with van der Waals surface area (Å²) >= 11 is 0. The van der Waals surface area contributed by atoms with Gasteiger partial charge in [-0.3, -0.25) is 0 Å². The highest BCUT2D eigenvalue weighted by atomic mass is 16.6. The number of fused-ring (bicyclic) bond motifs is 3. The van der Waals surface area contributed by atoms with E-state index < -0.39 is 18.1 Å². The summed E-state index contributed by atoms with van der Waals surface area (Å²) < 4.78 is 17.7. The van der Waals surface area contributed by atoms with Crippen molar-refractivity contribution in [1.29, 1.82) is 0 Å². The molecule has 0 aromatic heterocycles. The maximum absolute atomic E-state index is 12.5. The molecule has 0 radical (unpaired) electrons. The summed E-state index contributed by atoms with van der Waals surface area (Å²) in [4.78, 5) is 24.9. The van der Waals surface area contributed by atoms with E-state index in [9.17, 15) is 9.59 Å². The molecule has 0 fully saturated rings. The van der Waals surface area contributed by atoms with E-state index in [0.29, 0.717) is 6.61 Å². The minimum absolute atomic E-state index is 0.0416. The molecule has 1 N–H and O–H groups in total. The molecule has 1 aliphatic carbocycles. The standard InChI is InChI=1S/C32H38N2O5/c1-23(31(35)38-21-24-15-17-25(18-16-24)37-20-10-9-19-34(2,3)4)33-32(36)39-22-30-28-13-7-5-11-26(28)27-12-6-8-14-29(27)30/h5-8,11-18,23,30H,9-10,19-22H2,1-4H3/p+1. The Labute approximate surface area is 231 Å². The van der Waals surface area contributed by atoms with Gasteiger partial charge in [-0.05, 0) is 59.7 Å². The average Bonchev–Trinajstić information content (AvgIpc) is 3.24. The van der Waals surface area contributed by atoms with Gasteiger partial charge in [-0.15, -0.1) is 0 Å². The van der Waals surface area contributed by atoms with E-state index in [1.165, 1.54) is 0 Å². The number of alkyl carbamates (subject to hydrolysis) is 1. The molecule has 1 atom stereocenters. The van der Waals surface area contributed by atoms with Gasteiger partial charge in [0.2, 0.25) is 0 Å². The van der Waals surface area contributed by atoms with Gasteiger partial charge >= 0.3 is 12.1 Å². The van der Waals surface area contributed by atoms with Crippen LogP contribution in [0.15, 0.2) is 72.8 Å². The third-order valence-electron chi connectivity index (χ3n) is 6.83. The van der Waals surface area contributed by atoms with Crippen LogP contribution in [0.25, 0.3) is 11.1 Å². The predicted octanol–water partition coefficient (Wildman–Crippen LogP) is 5.52. The largest absolute Gasteiger partial charge is 0.494 e. The number of ether oxygens (including phenoxy) is 3. The fraction of sp³-hybridized carbons (Fsp3) is 0.375. The van der Waals surface area contributed by atoms with Gasteiger partial charge < -0.3 is 24.0 Å². The Morgan fingerprint density at radius 3 is 2.08 bits per heavy atom. The number of quaternary nitrogens is 1. The van der Waals surface area contributed by atoms with Crippen LogP contribution in [0.2, 0.25) is 0 Å². The van der Waals surface area contributed by atoms with E-state index in [-0.39, 0.29) is 19.1 Å². The molecule has 7 nitrogen and oxygen atoms in total. The molecule has 206 valence electrons. The third-order valence-corrected chi connectivity index (χ3v) is 6.83. The molecular weight excluding hydrogens is 492 g/mol. The third kappa shape index (κ3) is 7.83. The lowest BCUT2D eigenvalue weighted by Crippen LogP contribution is -2.40. The molecule has 1 aliphatic rings. The van der Waals surface area contributed by atoms with Gasteiger partial charge in [0, 0.05) is 5.92 Å². The Kier molecular flexibility index (Phi) is 9.25. The molecule has 0 saturated heterocycles. The Morgan fingerprint density at radius 2 is 1.46 bits per heavy atom.